The van der Waals surface area contributed by atoms with Crippen LogP contribution in [0.3, 0.4) is 0 Å². The van der Waals surface area contributed by atoms with Gasteiger partial charge in [-0.05, 0) is 0 Å². The maximum absolute atomic E-state index is 10.8. The van der Waals surface area contributed by atoms with E-state index in [4.69, 9.17) is 5.26 Å². The average molecular weight is 179 g/mol. The number of rotatable bonds is 2. The smallest absolute Gasteiger partial charge is 0.289 e. The van der Waals surface area contributed by atoms with Crippen LogP contribution < -0.4 is 5.56 Å². The van der Waals surface area contributed by atoms with Crippen LogP contribution in [-0.2, 0) is 6.42 Å². The van der Waals surface area contributed by atoms with E-state index in [9.17, 15) is 14.9 Å². The molecule has 0 bridgehead atoms. The highest BCUT2D eigenvalue weighted by atomic mass is 16.6. The van der Waals surface area contributed by atoms with Gasteiger partial charge in [0.1, 0.15) is 5.69 Å². The summed E-state index contributed by atoms with van der Waals surface area (Å²) in [6, 6.07) is 3.88. The van der Waals surface area contributed by atoms with E-state index in [2.05, 4.69) is 4.98 Å². The quantitative estimate of drug-likeness (QED) is 0.522. The Morgan fingerprint density at radius 2 is 2.31 bits per heavy atom. The number of hydrogen-bond donors (Lipinski definition) is 1. The van der Waals surface area contributed by atoms with Crippen molar-refractivity contribution in [2.75, 3.05) is 0 Å². The Labute approximate surface area is 72.6 Å². The SMILES string of the molecule is N#CCc1[nH]c(=O)ccc1[N+](=O)[O-]. The largest absolute Gasteiger partial charge is 0.319 e. The minimum Gasteiger partial charge on any atom is -0.319 e. The van der Waals surface area contributed by atoms with E-state index in [-0.39, 0.29) is 17.8 Å². The van der Waals surface area contributed by atoms with Crippen LogP contribution in [0.5, 0.6) is 0 Å². The van der Waals surface area contributed by atoms with Gasteiger partial charge in [-0.25, -0.2) is 0 Å². The lowest BCUT2D eigenvalue weighted by atomic mass is 10.2. The minimum absolute atomic E-state index is 0.0417. The van der Waals surface area contributed by atoms with Gasteiger partial charge in [-0.2, -0.15) is 5.26 Å². The van der Waals surface area contributed by atoms with E-state index in [0.29, 0.717) is 0 Å². The summed E-state index contributed by atoms with van der Waals surface area (Å²) < 4.78 is 0. The van der Waals surface area contributed by atoms with E-state index in [1.807, 2.05) is 0 Å². The Balaban J connectivity index is 3.28. The summed E-state index contributed by atoms with van der Waals surface area (Å²) in [6.07, 6.45) is -0.174. The fourth-order valence-electron chi connectivity index (χ4n) is 0.894. The van der Waals surface area contributed by atoms with Crippen LogP contribution in [-0.4, -0.2) is 9.91 Å². The lowest BCUT2D eigenvalue weighted by molar-refractivity contribution is -0.385. The van der Waals surface area contributed by atoms with Crippen molar-refractivity contribution in [3.63, 3.8) is 0 Å². The van der Waals surface area contributed by atoms with E-state index in [1.54, 1.807) is 6.07 Å². The van der Waals surface area contributed by atoms with Crippen molar-refractivity contribution in [3.8, 4) is 6.07 Å². The molecule has 0 spiro atoms. The molecule has 0 saturated heterocycles. The number of aromatic nitrogens is 1. The molecule has 1 aromatic heterocycles. The first-order valence-corrected chi connectivity index (χ1v) is 3.38. The second kappa shape index (κ2) is 3.49. The minimum atomic E-state index is -0.636. The Morgan fingerprint density at radius 1 is 1.62 bits per heavy atom. The molecule has 1 N–H and O–H groups in total. The summed E-state index contributed by atoms with van der Waals surface area (Å²) in [5.41, 5.74) is -0.642. The van der Waals surface area contributed by atoms with Crippen molar-refractivity contribution in [3.05, 3.63) is 38.3 Å². The first-order valence-electron chi connectivity index (χ1n) is 3.38. The summed E-state index contributed by atoms with van der Waals surface area (Å²) in [5, 5.41) is 18.7. The molecule has 0 unspecified atom stereocenters. The van der Waals surface area contributed by atoms with Gasteiger partial charge in [0.05, 0.1) is 17.4 Å². The van der Waals surface area contributed by atoms with Crippen LogP contribution in [0, 0.1) is 21.4 Å². The van der Waals surface area contributed by atoms with Crippen molar-refractivity contribution in [2.45, 2.75) is 6.42 Å². The molecule has 0 amide bonds. The van der Waals surface area contributed by atoms with E-state index in [1.165, 1.54) is 0 Å². The van der Waals surface area contributed by atoms with Gasteiger partial charge in [0.15, 0.2) is 0 Å². The first kappa shape index (κ1) is 8.93. The highest BCUT2D eigenvalue weighted by Crippen LogP contribution is 2.13. The van der Waals surface area contributed by atoms with Crippen molar-refractivity contribution in [1.82, 2.24) is 4.98 Å². The van der Waals surface area contributed by atoms with E-state index < -0.39 is 10.5 Å². The number of nitriles is 1. The van der Waals surface area contributed by atoms with Crippen LogP contribution in [0.25, 0.3) is 0 Å². The lowest BCUT2D eigenvalue weighted by Crippen LogP contribution is -2.09. The fourth-order valence-corrected chi connectivity index (χ4v) is 0.894. The Hall–Kier alpha value is -2.16. The van der Waals surface area contributed by atoms with Crippen molar-refractivity contribution in [2.24, 2.45) is 0 Å². The molecular formula is C7H5N3O3. The topological polar surface area (TPSA) is 99.8 Å². The zero-order valence-corrected chi connectivity index (χ0v) is 6.48. The zero-order chi connectivity index (χ0) is 9.84. The van der Waals surface area contributed by atoms with Gasteiger partial charge in [-0.15, -0.1) is 0 Å². The number of nitrogens with one attached hydrogen (secondary N) is 1. The van der Waals surface area contributed by atoms with Crippen molar-refractivity contribution >= 4 is 5.69 Å². The Bertz CT molecular complexity index is 429. The van der Waals surface area contributed by atoms with E-state index >= 15 is 0 Å². The number of hydrogen-bond acceptors (Lipinski definition) is 4. The van der Waals surface area contributed by atoms with Gasteiger partial charge in [0.25, 0.3) is 5.69 Å². The molecule has 66 valence electrons. The van der Waals surface area contributed by atoms with Gasteiger partial charge in [0, 0.05) is 12.1 Å². The molecule has 1 heterocycles. The van der Waals surface area contributed by atoms with Gasteiger partial charge < -0.3 is 4.98 Å². The Morgan fingerprint density at radius 3 is 2.85 bits per heavy atom. The van der Waals surface area contributed by atoms with Gasteiger partial charge >= 0.3 is 0 Å². The number of nitrogens with zero attached hydrogens (tertiary/aromatic N) is 2. The molecule has 0 fully saturated rings. The van der Waals surface area contributed by atoms with Crippen molar-refractivity contribution in [1.29, 1.82) is 5.26 Å². The van der Waals surface area contributed by atoms with Crippen LogP contribution >= 0.6 is 0 Å². The molecule has 6 heteroatoms. The lowest BCUT2D eigenvalue weighted by Gasteiger charge is -1.95. The molecule has 1 rings (SSSR count). The average Bonchev–Trinajstić information content (AvgIpc) is 2.04. The molecule has 0 atom stereocenters. The molecule has 0 aliphatic carbocycles. The molecule has 0 aromatic carbocycles. The molecule has 0 aliphatic heterocycles. The molecule has 6 nitrogen and oxygen atoms in total. The van der Waals surface area contributed by atoms with Gasteiger partial charge in [-0.1, -0.05) is 0 Å². The zero-order valence-electron chi connectivity index (χ0n) is 6.48. The second-order valence-corrected chi connectivity index (χ2v) is 2.28. The fraction of sp³-hybridized carbons (Fsp3) is 0.143. The number of pyridine rings is 1. The molecule has 13 heavy (non-hydrogen) atoms. The second-order valence-electron chi connectivity index (χ2n) is 2.28. The van der Waals surface area contributed by atoms with Crippen molar-refractivity contribution < 1.29 is 4.92 Å². The predicted molar refractivity (Wildman–Crippen MR) is 43.0 cm³/mol. The van der Waals surface area contributed by atoms with Gasteiger partial charge in [0.2, 0.25) is 5.56 Å². The highest BCUT2D eigenvalue weighted by Gasteiger charge is 2.13. The summed E-state index contributed by atoms with van der Waals surface area (Å²) in [6.45, 7) is 0. The highest BCUT2D eigenvalue weighted by molar-refractivity contribution is 5.35. The first-order chi connectivity index (χ1) is 6.15. The van der Waals surface area contributed by atoms with Gasteiger partial charge in [-0.3, -0.25) is 14.9 Å². The predicted octanol–water partition coefficient (Wildman–Crippen LogP) is 0.349. The van der Waals surface area contributed by atoms with Crippen LogP contribution in [0.4, 0.5) is 5.69 Å². The van der Waals surface area contributed by atoms with Crippen LogP contribution in [0.1, 0.15) is 5.69 Å². The Kier molecular flexibility index (Phi) is 2.40. The van der Waals surface area contributed by atoms with E-state index in [0.717, 1.165) is 12.1 Å². The molecule has 1 aromatic rings. The molecule has 0 aliphatic rings. The molecular weight excluding hydrogens is 174 g/mol. The molecule has 0 saturated carbocycles. The summed E-state index contributed by atoms with van der Waals surface area (Å²) in [5.74, 6) is 0. The normalized spacial score (nSPS) is 9.15. The van der Waals surface area contributed by atoms with Crippen LogP contribution in [0.15, 0.2) is 16.9 Å². The summed E-state index contributed by atoms with van der Waals surface area (Å²) >= 11 is 0. The number of nitro groups is 1. The third-order valence-electron chi connectivity index (χ3n) is 1.43. The van der Waals surface area contributed by atoms with Crippen LogP contribution in [0.2, 0.25) is 0 Å². The maximum Gasteiger partial charge on any atom is 0.289 e. The summed E-state index contributed by atoms with van der Waals surface area (Å²) in [7, 11) is 0. The number of H-pyrrole nitrogens is 1. The standard InChI is InChI=1S/C7H5N3O3/c8-4-3-5-6(10(12)13)1-2-7(11)9-5/h1-2H,3H2,(H,9,11). The third-order valence-corrected chi connectivity index (χ3v) is 1.43. The monoisotopic (exact) mass is 179 g/mol. The number of aromatic amines is 1. The molecule has 0 radical (unpaired) electrons. The maximum atomic E-state index is 10.8. The summed E-state index contributed by atoms with van der Waals surface area (Å²) in [4.78, 5) is 22.7. The third kappa shape index (κ3) is 1.90.